The summed E-state index contributed by atoms with van der Waals surface area (Å²) in [7, 11) is 3.23. The number of amides is 3. The second kappa shape index (κ2) is 18.3. The number of nitrogens with one attached hydrogen (secondary N) is 2. The molecule has 0 saturated carbocycles. The predicted octanol–water partition coefficient (Wildman–Crippen LogP) is 4.96. The van der Waals surface area contributed by atoms with Crippen molar-refractivity contribution < 1.29 is 28.7 Å². The van der Waals surface area contributed by atoms with Crippen LogP contribution in [-0.4, -0.2) is 100 Å². The molecule has 5 heterocycles. The van der Waals surface area contributed by atoms with E-state index in [1.54, 1.807) is 25.4 Å². The summed E-state index contributed by atoms with van der Waals surface area (Å²) in [6, 6.07) is 4.44. The Kier molecular flexibility index (Phi) is 13.8. The van der Waals surface area contributed by atoms with Crippen LogP contribution in [0.1, 0.15) is 77.4 Å². The number of aromatic nitrogens is 4. The van der Waals surface area contributed by atoms with Gasteiger partial charge in [-0.25, -0.2) is 15.4 Å². The van der Waals surface area contributed by atoms with Gasteiger partial charge in [0, 0.05) is 79.9 Å². The molecule has 0 bridgehead atoms. The summed E-state index contributed by atoms with van der Waals surface area (Å²) in [4.78, 5) is 66.4. The van der Waals surface area contributed by atoms with E-state index in [2.05, 4.69) is 48.2 Å². The van der Waals surface area contributed by atoms with Gasteiger partial charge < -0.3 is 24.3 Å². The number of fused-ring (bicyclic) bond motifs is 1. The number of aryl methyl sites for hydroxylation is 1. The lowest BCUT2D eigenvalue weighted by atomic mass is 9.84. The number of nitrogens with zero attached hydrogens (tertiary/aromatic N) is 6. The number of carbonyl (C=O) groups excluding carboxylic acids is 4. The van der Waals surface area contributed by atoms with E-state index in [0.717, 1.165) is 52.0 Å². The summed E-state index contributed by atoms with van der Waals surface area (Å²) in [6.07, 6.45) is 6.51. The molecule has 2 N–H and O–H groups in total. The van der Waals surface area contributed by atoms with Crippen molar-refractivity contribution in [2.75, 3.05) is 33.9 Å². The number of thiazole rings is 1. The van der Waals surface area contributed by atoms with Crippen molar-refractivity contribution in [1.29, 1.82) is 0 Å². The lowest BCUT2D eigenvalue weighted by Crippen LogP contribution is -2.59. The van der Waals surface area contributed by atoms with Crippen LogP contribution in [0.15, 0.2) is 36.0 Å². The Bertz CT molecular complexity index is 1970. The quantitative estimate of drug-likeness (QED) is 0.132. The molecule has 0 aromatic carbocycles. The number of hydrogen-bond acceptors (Lipinski definition) is 11. The van der Waals surface area contributed by atoms with E-state index in [1.165, 1.54) is 16.2 Å². The van der Waals surface area contributed by atoms with Crippen molar-refractivity contribution in [2.24, 2.45) is 11.3 Å². The van der Waals surface area contributed by atoms with Crippen LogP contribution in [0.5, 0.6) is 0 Å². The molecule has 0 spiro atoms. The topological polar surface area (TPSA) is 161 Å². The molecule has 3 amide bonds. The van der Waals surface area contributed by atoms with Gasteiger partial charge in [-0.2, -0.15) is 0 Å². The van der Waals surface area contributed by atoms with E-state index < -0.39 is 23.4 Å². The van der Waals surface area contributed by atoms with Crippen LogP contribution in [0.4, 0.5) is 0 Å². The van der Waals surface area contributed by atoms with Crippen molar-refractivity contribution in [3.05, 3.63) is 52.9 Å². The van der Waals surface area contributed by atoms with Crippen LogP contribution >= 0.6 is 11.3 Å². The molecule has 4 aromatic rings. The first-order valence-electron chi connectivity index (χ1n) is 18.9. The smallest absolute Gasteiger partial charge is 0.293 e. The fourth-order valence-corrected chi connectivity index (χ4v) is 8.15. The molecule has 14 nitrogen and oxygen atoms in total. The number of carbonyl (C=O) groups is 4. The minimum absolute atomic E-state index is 0.165. The van der Waals surface area contributed by atoms with Crippen LogP contribution in [0, 0.1) is 11.3 Å². The lowest BCUT2D eigenvalue weighted by molar-refractivity contribution is -0.142. The highest BCUT2D eigenvalue weighted by Crippen LogP contribution is 2.41. The number of rotatable bonds is 18. The predicted molar refractivity (Wildman–Crippen MR) is 212 cm³/mol. The van der Waals surface area contributed by atoms with Gasteiger partial charge in [0.1, 0.15) is 22.7 Å². The van der Waals surface area contributed by atoms with Crippen molar-refractivity contribution in [3.8, 4) is 21.8 Å². The number of hydrogen-bond donors (Lipinski definition) is 2. The van der Waals surface area contributed by atoms with Crippen LogP contribution in [0.25, 0.3) is 32.9 Å². The summed E-state index contributed by atoms with van der Waals surface area (Å²) in [6.45, 7) is 14.5. The number of methoxy groups -OCH3 is 1. The third-order valence-corrected chi connectivity index (χ3v) is 11.0. The van der Waals surface area contributed by atoms with Gasteiger partial charge in [0.2, 0.25) is 12.3 Å². The largest absolute Gasteiger partial charge is 0.467 e. The van der Waals surface area contributed by atoms with Gasteiger partial charge in [0.05, 0.1) is 29.8 Å². The molecule has 5 rings (SSSR count). The van der Waals surface area contributed by atoms with Crippen LogP contribution in [0.2, 0.25) is 0 Å². The number of ether oxygens (including phenoxy) is 2. The molecule has 1 aliphatic heterocycles. The molecule has 4 aromatic heterocycles. The molecule has 0 radical (unpaired) electrons. The molecule has 1 fully saturated rings. The van der Waals surface area contributed by atoms with Crippen LogP contribution < -0.4 is 10.7 Å². The highest BCUT2D eigenvalue weighted by atomic mass is 32.1. The molecule has 3 atom stereocenters. The number of hydrazine groups is 1. The highest BCUT2D eigenvalue weighted by molar-refractivity contribution is 7.13. The van der Waals surface area contributed by atoms with Crippen LogP contribution in [-0.2, 0) is 48.0 Å². The van der Waals surface area contributed by atoms with Crippen LogP contribution in [0.3, 0.4) is 0 Å². The van der Waals surface area contributed by atoms with E-state index in [4.69, 9.17) is 24.4 Å². The Balaban J connectivity index is 1.56. The second-order valence-corrected chi connectivity index (χ2v) is 16.1. The zero-order valence-electron chi connectivity index (χ0n) is 33.1. The maximum Gasteiger partial charge on any atom is 0.293 e. The molecule has 55 heavy (non-hydrogen) atoms. The average Bonchev–Trinajstić information content (AvgIpc) is 3.77. The summed E-state index contributed by atoms with van der Waals surface area (Å²) >= 11 is 1.44. The molecule has 15 heteroatoms. The van der Waals surface area contributed by atoms with Crippen molar-refractivity contribution >= 4 is 47.1 Å². The fraction of sp³-hybridized carbons (Fsp3) is 0.525. The molecule has 1 aliphatic rings. The first kappa shape index (κ1) is 41.4. The van der Waals surface area contributed by atoms with Crippen molar-refractivity contribution in [1.82, 2.24) is 40.2 Å². The van der Waals surface area contributed by atoms with Gasteiger partial charge in [-0.05, 0) is 62.8 Å². The summed E-state index contributed by atoms with van der Waals surface area (Å²) in [5.41, 5.74) is 8.79. The third-order valence-electron chi connectivity index (χ3n) is 10.1. The maximum absolute atomic E-state index is 13.9. The zero-order valence-corrected chi connectivity index (χ0v) is 33.9. The Morgan fingerprint density at radius 1 is 1.18 bits per heavy atom. The second-order valence-electron chi connectivity index (χ2n) is 15.2. The van der Waals surface area contributed by atoms with E-state index in [0.29, 0.717) is 49.6 Å². The monoisotopic (exact) mass is 774 g/mol. The van der Waals surface area contributed by atoms with E-state index in [-0.39, 0.29) is 31.0 Å². The normalized spacial score (nSPS) is 15.1. The molecular weight excluding hydrogens is 721 g/mol. The standard InChI is InChI=1S/C40H54N8O6S/c1-9-47-35(29-13-12-14-41-33(29)26(4)53-8)31(19-40(5,6)22-54-24-50)30-17-27(20-42-36(30)47)38-44-28(21-55-38)18-32(39(52)48-16-11-10-15-43-48)45-37(51)34(25(2)3)46(7)23-49/h12-14,17,20-21,23-26,32,34,43H,9-11,15-16,18-19,22H2,1-8H3,(H,45,51). The SMILES string of the molecule is CCn1c(-c2cccnc2C(C)OC)c(CC(C)(C)COC=O)c2cc(-c3nc(CC(NC(=O)C(C(C)C)N(C)C=O)C(=O)N4CCCCN4)cs3)cnc21. The highest BCUT2D eigenvalue weighted by Gasteiger charge is 2.34. The minimum Gasteiger partial charge on any atom is -0.467 e. The van der Waals surface area contributed by atoms with Gasteiger partial charge in [-0.3, -0.25) is 29.2 Å². The Morgan fingerprint density at radius 3 is 2.62 bits per heavy atom. The van der Waals surface area contributed by atoms with E-state index in [1.807, 2.05) is 38.4 Å². The first-order chi connectivity index (χ1) is 26.3. The van der Waals surface area contributed by atoms with Gasteiger partial charge in [0.15, 0.2) is 0 Å². The molecule has 296 valence electrons. The summed E-state index contributed by atoms with van der Waals surface area (Å²) in [5, 5.41) is 8.10. The number of likely N-dealkylation sites (N-methyl/N-ethyl adjacent to an activating group) is 1. The first-order valence-corrected chi connectivity index (χ1v) is 19.7. The zero-order chi connectivity index (χ0) is 39.9. The molecule has 3 unspecified atom stereocenters. The minimum atomic E-state index is -0.901. The lowest BCUT2D eigenvalue weighted by Gasteiger charge is -2.33. The summed E-state index contributed by atoms with van der Waals surface area (Å²) in [5.74, 6) is -0.817. The third kappa shape index (κ3) is 9.39. The van der Waals surface area contributed by atoms with Crippen molar-refractivity contribution in [3.63, 3.8) is 0 Å². The number of pyridine rings is 2. The summed E-state index contributed by atoms with van der Waals surface area (Å²) < 4.78 is 13.2. The van der Waals surface area contributed by atoms with Gasteiger partial charge >= 0.3 is 0 Å². The van der Waals surface area contributed by atoms with Gasteiger partial charge in [0.25, 0.3) is 12.4 Å². The molecular formula is C40H54N8O6S. The average molecular weight is 775 g/mol. The Morgan fingerprint density at radius 2 is 1.96 bits per heavy atom. The van der Waals surface area contributed by atoms with Gasteiger partial charge in [-0.15, -0.1) is 11.3 Å². The van der Waals surface area contributed by atoms with E-state index >= 15 is 0 Å². The van der Waals surface area contributed by atoms with Crippen molar-refractivity contribution in [2.45, 2.75) is 92.0 Å². The van der Waals surface area contributed by atoms with Gasteiger partial charge in [-0.1, -0.05) is 27.7 Å². The molecule has 1 saturated heterocycles. The fourth-order valence-electron chi connectivity index (χ4n) is 7.33. The maximum atomic E-state index is 13.9. The molecule has 0 aliphatic carbocycles. The van der Waals surface area contributed by atoms with E-state index in [9.17, 15) is 19.2 Å². The Hall–Kier alpha value is -4.73. The Labute approximate surface area is 327 Å².